The maximum atomic E-state index is 12.9. The summed E-state index contributed by atoms with van der Waals surface area (Å²) in [5.41, 5.74) is 4.04. The van der Waals surface area contributed by atoms with Crippen molar-refractivity contribution < 1.29 is 4.79 Å². The Labute approximate surface area is 207 Å². The van der Waals surface area contributed by atoms with E-state index in [0.29, 0.717) is 23.9 Å². The molecule has 4 heterocycles. The molecule has 34 heavy (non-hydrogen) atoms. The number of nitrogens with zero attached hydrogens (tertiary/aromatic N) is 5. The number of nitrogens with one attached hydrogen (secondary N) is 1. The average molecular weight is 493 g/mol. The van der Waals surface area contributed by atoms with Gasteiger partial charge in [-0.15, -0.1) is 21.5 Å². The smallest absolute Gasteiger partial charge is 0.222 e. The molecule has 1 atom stereocenters. The summed E-state index contributed by atoms with van der Waals surface area (Å²) in [5, 5.41) is 13.5. The maximum absolute atomic E-state index is 12.9. The number of carbonyl (C=O) groups is 1. The SMILES string of the molecule is Cc1sc2c(c1C)C(c1ccc(Cl)cc1)=N[C@@H](CC(=O)NCCn1cccc1)c1nnc(C)n1-2. The number of thiophene rings is 1. The fraction of sp³-hybridized carbons (Fsp3) is 0.280. The molecule has 0 saturated carbocycles. The normalized spacial score (nSPS) is 14.8. The van der Waals surface area contributed by atoms with Gasteiger partial charge < -0.3 is 9.88 Å². The number of hydrogen-bond donors (Lipinski definition) is 1. The molecule has 1 aliphatic rings. The molecule has 1 aromatic carbocycles. The lowest BCUT2D eigenvalue weighted by Crippen LogP contribution is -2.28. The van der Waals surface area contributed by atoms with E-state index in [1.54, 1.807) is 11.3 Å². The molecule has 5 rings (SSSR count). The van der Waals surface area contributed by atoms with Gasteiger partial charge in [-0.25, -0.2) is 0 Å². The van der Waals surface area contributed by atoms with E-state index < -0.39 is 6.04 Å². The molecule has 1 amide bonds. The first-order valence-corrected chi connectivity index (χ1v) is 12.4. The quantitative estimate of drug-likeness (QED) is 0.419. The van der Waals surface area contributed by atoms with Crippen molar-refractivity contribution >= 4 is 34.6 Å². The number of hydrogen-bond acceptors (Lipinski definition) is 5. The Balaban J connectivity index is 1.52. The van der Waals surface area contributed by atoms with Gasteiger partial charge in [0.1, 0.15) is 16.9 Å². The molecule has 0 spiro atoms. The molecule has 174 valence electrons. The number of amides is 1. The number of aliphatic imine (C=N–C) groups is 1. The number of aryl methyl sites for hydroxylation is 2. The van der Waals surface area contributed by atoms with E-state index >= 15 is 0 Å². The van der Waals surface area contributed by atoms with Crippen molar-refractivity contribution in [3.8, 4) is 5.00 Å². The van der Waals surface area contributed by atoms with E-state index in [9.17, 15) is 4.79 Å². The zero-order valence-corrected chi connectivity index (χ0v) is 20.8. The summed E-state index contributed by atoms with van der Waals surface area (Å²) in [6.07, 6.45) is 4.15. The summed E-state index contributed by atoms with van der Waals surface area (Å²) in [5.74, 6) is 1.40. The molecule has 0 bridgehead atoms. The summed E-state index contributed by atoms with van der Waals surface area (Å²) in [4.78, 5) is 19.3. The van der Waals surface area contributed by atoms with Crippen LogP contribution in [0.15, 0.2) is 53.8 Å². The first-order valence-electron chi connectivity index (χ1n) is 11.2. The predicted molar refractivity (Wildman–Crippen MR) is 135 cm³/mol. The van der Waals surface area contributed by atoms with E-state index in [1.165, 1.54) is 10.4 Å². The van der Waals surface area contributed by atoms with Crippen LogP contribution < -0.4 is 5.32 Å². The molecule has 3 aromatic heterocycles. The van der Waals surface area contributed by atoms with Gasteiger partial charge in [0, 0.05) is 46.5 Å². The minimum atomic E-state index is -0.460. The standard InChI is InChI=1S/C25H25ClN6OS/c1-15-16(2)34-25-22(15)23(18-6-8-19(26)9-7-18)28-20(24-30-29-17(3)32(24)25)14-21(33)27-10-13-31-11-4-5-12-31/h4-9,11-12,20H,10,13-14H2,1-3H3,(H,27,33)/t20-/m0/s1. The second-order valence-electron chi connectivity index (χ2n) is 8.38. The second kappa shape index (κ2) is 9.19. The van der Waals surface area contributed by atoms with Crippen LogP contribution in [-0.4, -0.2) is 37.5 Å². The van der Waals surface area contributed by atoms with E-state index in [-0.39, 0.29) is 12.3 Å². The van der Waals surface area contributed by atoms with Crippen molar-refractivity contribution in [2.45, 2.75) is 39.8 Å². The van der Waals surface area contributed by atoms with E-state index in [2.05, 4.69) is 33.9 Å². The Morgan fingerprint density at radius 3 is 2.59 bits per heavy atom. The average Bonchev–Trinajstić information content (AvgIpc) is 3.51. The Morgan fingerprint density at radius 1 is 1.12 bits per heavy atom. The minimum absolute atomic E-state index is 0.0678. The van der Waals surface area contributed by atoms with Gasteiger partial charge in [-0.05, 0) is 50.6 Å². The lowest BCUT2D eigenvalue weighted by atomic mass is 9.99. The van der Waals surface area contributed by atoms with Crippen LogP contribution in [0.25, 0.3) is 5.00 Å². The maximum Gasteiger partial charge on any atom is 0.222 e. The van der Waals surface area contributed by atoms with Crippen LogP contribution in [0.1, 0.15) is 45.7 Å². The third-order valence-electron chi connectivity index (χ3n) is 6.09. The molecule has 0 aliphatic carbocycles. The lowest BCUT2D eigenvalue weighted by molar-refractivity contribution is -0.121. The van der Waals surface area contributed by atoms with Gasteiger partial charge in [-0.3, -0.25) is 14.4 Å². The monoisotopic (exact) mass is 492 g/mol. The molecule has 1 N–H and O–H groups in total. The van der Waals surface area contributed by atoms with Gasteiger partial charge in [-0.1, -0.05) is 23.7 Å². The van der Waals surface area contributed by atoms with Crippen molar-refractivity contribution in [1.29, 1.82) is 0 Å². The Bertz CT molecular complexity index is 1370. The van der Waals surface area contributed by atoms with Crippen LogP contribution in [0.5, 0.6) is 0 Å². The number of halogens is 1. The summed E-state index contributed by atoms with van der Waals surface area (Å²) in [6.45, 7) is 7.43. The lowest BCUT2D eigenvalue weighted by Gasteiger charge is -2.13. The molecule has 9 heteroatoms. The molecule has 7 nitrogen and oxygen atoms in total. The molecular formula is C25H25ClN6OS. The van der Waals surface area contributed by atoms with Gasteiger partial charge in [-0.2, -0.15) is 0 Å². The van der Waals surface area contributed by atoms with Crippen LogP contribution in [0.3, 0.4) is 0 Å². The van der Waals surface area contributed by atoms with Crippen molar-refractivity contribution in [2.24, 2.45) is 4.99 Å². The number of rotatable bonds is 6. The number of benzene rings is 1. The Morgan fingerprint density at radius 2 is 1.85 bits per heavy atom. The van der Waals surface area contributed by atoms with Crippen LogP contribution >= 0.6 is 22.9 Å². The molecule has 0 saturated heterocycles. The number of carbonyl (C=O) groups excluding carboxylic acids is 1. The van der Waals surface area contributed by atoms with Crippen molar-refractivity contribution in [2.75, 3.05) is 6.54 Å². The highest BCUT2D eigenvalue weighted by molar-refractivity contribution is 7.15. The predicted octanol–water partition coefficient (Wildman–Crippen LogP) is 4.81. The third-order valence-corrected chi connectivity index (χ3v) is 7.54. The summed E-state index contributed by atoms with van der Waals surface area (Å²) < 4.78 is 4.09. The summed E-state index contributed by atoms with van der Waals surface area (Å²) >= 11 is 7.86. The highest BCUT2D eigenvalue weighted by atomic mass is 35.5. The zero-order valence-electron chi connectivity index (χ0n) is 19.2. The molecule has 0 radical (unpaired) electrons. The molecule has 4 aromatic rings. The van der Waals surface area contributed by atoms with E-state index in [4.69, 9.17) is 16.6 Å². The summed E-state index contributed by atoms with van der Waals surface area (Å²) in [6, 6.07) is 11.2. The van der Waals surface area contributed by atoms with Gasteiger partial charge >= 0.3 is 0 Å². The molecule has 0 fully saturated rings. The largest absolute Gasteiger partial charge is 0.354 e. The van der Waals surface area contributed by atoms with Crippen LogP contribution in [0.4, 0.5) is 0 Å². The van der Waals surface area contributed by atoms with Crippen LogP contribution in [0, 0.1) is 20.8 Å². The fourth-order valence-electron chi connectivity index (χ4n) is 4.22. The van der Waals surface area contributed by atoms with Crippen molar-refractivity contribution in [1.82, 2.24) is 24.6 Å². The van der Waals surface area contributed by atoms with Crippen molar-refractivity contribution in [3.05, 3.63) is 87.0 Å². The second-order valence-corrected chi connectivity index (χ2v) is 10.0. The first kappa shape index (κ1) is 22.6. The van der Waals surface area contributed by atoms with E-state index in [1.807, 2.05) is 60.3 Å². The zero-order chi connectivity index (χ0) is 23.8. The highest BCUT2D eigenvalue weighted by Crippen LogP contribution is 2.39. The molecular weight excluding hydrogens is 468 g/mol. The Hall–Kier alpha value is -3.23. The van der Waals surface area contributed by atoms with Crippen LogP contribution in [0.2, 0.25) is 5.02 Å². The van der Waals surface area contributed by atoms with Gasteiger partial charge in [0.15, 0.2) is 5.82 Å². The molecule has 0 unspecified atom stereocenters. The van der Waals surface area contributed by atoms with Gasteiger partial charge in [0.2, 0.25) is 5.91 Å². The van der Waals surface area contributed by atoms with Gasteiger partial charge in [0.25, 0.3) is 0 Å². The summed E-state index contributed by atoms with van der Waals surface area (Å²) in [7, 11) is 0. The topological polar surface area (TPSA) is 77.1 Å². The fourth-order valence-corrected chi connectivity index (χ4v) is 5.56. The third kappa shape index (κ3) is 4.19. The Kier molecular flexibility index (Phi) is 6.10. The van der Waals surface area contributed by atoms with Crippen molar-refractivity contribution in [3.63, 3.8) is 0 Å². The number of aromatic nitrogens is 4. The molecule has 1 aliphatic heterocycles. The van der Waals surface area contributed by atoms with Gasteiger partial charge in [0.05, 0.1) is 12.1 Å². The highest BCUT2D eigenvalue weighted by Gasteiger charge is 2.32. The van der Waals surface area contributed by atoms with E-state index in [0.717, 1.165) is 27.7 Å². The first-order chi connectivity index (χ1) is 16.4. The number of fused-ring (bicyclic) bond motifs is 3. The van der Waals surface area contributed by atoms with Crippen LogP contribution in [-0.2, 0) is 11.3 Å². The minimum Gasteiger partial charge on any atom is -0.354 e.